The molecular weight excluding hydrogens is 325 g/mol. The summed E-state index contributed by atoms with van der Waals surface area (Å²) in [5.41, 5.74) is 2.21. The number of halogens is 3. The summed E-state index contributed by atoms with van der Waals surface area (Å²) in [7, 11) is 1.76. The van der Waals surface area contributed by atoms with E-state index in [0.29, 0.717) is 0 Å². The van der Waals surface area contributed by atoms with Crippen molar-refractivity contribution >= 4 is 46.6 Å². The zero-order chi connectivity index (χ0) is 14.0. The molecule has 6 heteroatoms. The molecule has 0 spiro atoms. The molecule has 1 aliphatic heterocycles. The minimum absolute atomic E-state index is 0.250. The first-order valence-electron chi connectivity index (χ1n) is 6.08. The Morgan fingerprint density at radius 3 is 2.79 bits per heavy atom. The first-order valence-corrected chi connectivity index (χ1v) is 8.20. The van der Waals surface area contributed by atoms with Crippen molar-refractivity contribution in [1.29, 1.82) is 0 Å². The number of benzene rings is 1. The second kappa shape index (κ2) is 6.42. The van der Waals surface area contributed by atoms with Crippen LogP contribution in [0.25, 0.3) is 0 Å². The van der Waals surface area contributed by atoms with Gasteiger partial charge in [0.05, 0.1) is 6.10 Å². The monoisotopic (exact) mass is 339 g/mol. The van der Waals surface area contributed by atoms with Crippen molar-refractivity contribution in [2.45, 2.75) is 33.7 Å². The number of fused-ring (bicyclic) bond motifs is 1. The molecule has 0 saturated heterocycles. The smallest absolute Gasteiger partial charge is 0.192 e. The van der Waals surface area contributed by atoms with E-state index in [4.69, 9.17) is 34.8 Å². The summed E-state index contributed by atoms with van der Waals surface area (Å²) in [5, 5.41) is 13.4. The summed E-state index contributed by atoms with van der Waals surface area (Å²) in [5.74, 6) is 1.11. The molecule has 0 fully saturated rings. The molecule has 1 aliphatic rings. The van der Waals surface area contributed by atoms with Gasteiger partial charge in [-0.2, -0.15) is 0 Å². The lowest BCUT2D eigenvalue weighted by molar-refractivity contribution is 0.128. The van der Waals surface area contributed by atoms with Gasteiger partial charge in [0.2, 0.25) is 0 Å². The Hall–Kier alpha value is 0.360. The van der Waals surface area contributed by atoms with E-state index in [1.807, 2.05) is 23.9 Å². The quantitative estimate of drug-likeness (QED) is 0.819. The molecule has 1 heterocycles. The van der Waals surface area contributed by atoms with E-state index in [9.17, 15) is 5.11 Å². The minimum Gasteiger partial charge on any atom is -0.387 e. The Balaban J connectivity index is 2.15. The third kappa shape index (κ3) is 4.16. The van der Waals surface area contributed by atoms with Crippen molar-refractivity contribution in [3.8, 4) is 0 Å². The molecule has 2 rings (SSSR count). The van der Waals surface area contributed by atoms with Crippen LogP contribution >= 0.6 is 46.6 Å². The highest BCUT2D eigenvalue weighted by Crippen LogP contribution is 2.37. The van der Waals surface area contributed by atoms with E-state index < -0.39 is 9.90 Å². The molecular formula is C13H16Cl3NOS. The molecule has 0 saturated carbocycles. The average molecular weight is 341 g/mol. The van der Waals surface area contributed by atoms with Crippen molar-refractivity contribution in [3.05, 3.63) is 29.3 Å². The summed E-state index contributed by atoms with van der Waals surface area (Å²) in [4.78, 5) is 1.25. The Morgan fingerprint density at radius 1 is 1.42 bits per heavy atom. The van der Waals surface area contributed by atoms with Gasteiger partial charge in [-0.25, -0.2) is 0 Å². The van der Waals surface area contributed by atoms with E-state index in [2.05, 4.69) is 11.4 Å². The van der Waals surface area contributed by atoms with Gasteiger partial charge in [0.25, 0.3) is 0 Å². The fourth-order valence-electron chi connectivity index (χ4n) is 2.22. The van der Waals surface area contributed by atoms with Crippen LogP contribution in [0.2, 0.25) is 0 Å². The van der Waals surface area contributed by atoms with Gasteiger partial charge >= 0.3 is 0 Å². The van der Waals surface area contributed by atoms with Gasteiger partial charge in [-0.15, -0.1) is 11.8 Å². The maximum Gasteiger partial charge on any atom is 0.192 e. The second-order valence-electron chi connectivity index (χ2n) is 4.62. The first-order chi connectivity index (χ1) is 8.90. The van der Waals surface area contributed by atoms with E-state index in [0.717, 1.165) is 17.7 Å². The molecule has 2 nitrogen and oxygen atoms in total. The lowest BCUT2D eigenvalue weighted by Crippen LogP contribution is -2.35. The van der Waals surface area contributed by atoms with Gasteiger partial charge < -0.3 is 10.4 Å². The highest BCUT2D eigenvalue weighted by atomic mass is 35.6. The van der Waals surface area contributed by atoms with Crippen LogP contribution in [-0.4, -0.2) is 27.7 Å². The highest BCUT2D eigenvalue weighted by Gasteiger charge is 2.30. The topological polar surface area (TPSA) is 32.3 Å². The minimum atomic E-state index is -1.37. The number of likely N-dealkylation sites (N-methyl/N-ethyl adjacent to an activating group) is 1. The van der Waals surface area contributed by atoms with E-state index >= 15 is 0 Å². The highest BCUT2D eigenvalue weighted by molar-refractivity contribution is 7.99. The van der Waals surface area contributed by atoms with Gasteiger partial charge in [-0.3, -0.25) is 0 Å². The van der Waals surface area contributed by atoms with Crippen LogP contribution in [0, 0.1) is 0 Å². The summed E-state index contributed by atoms with van der Waals surface area (Å²) in [6.07, 6.45) is 0.659. The average Bonchev–Trinajstić information content (AvgIpc) is 2.81. The van der Waals surface area contributed by atoms with Crippen LogP contribution in [0.1, 0.15) is 23.7 Å². The van der Waals surface area contributed by atoms with Crippen molar-refractivity contribution < 1.29 is 5.11 Å². The summed E-state index contributed by atoms with van der Waals surface area (Å²) in [6.45, 7) is 0. The number of hydrogen-bond donors (Lipinski definition) is 2. The third-order valence-corrected chi connectivity index (χ3v) is 4.83. The van der Waals surface area contributed by atoms with Crippen LogP contribution in [0.5, 0.6) is 0 Å². The fourth-order valence-corrected chi connectivity index (χ4v) is 3.84. The molecule has 0 aliphatic carbocycles. The predicted octanol–water partition coefficient (Wildman–Crippen LogP) is 3.72. The summed E-state index contributed by atoms with van der Waals surface area (Å²) < 4.78 is -1.37. The largest absolute Gasteiger partial charge is 0.387 e. The van der Waals surface area contributed by atoms with Crippen molar-refractivity contribution in [3.63, 3.8) is 0 Å². The Kier molecular flexibility index (Phi) is 5.32. The van der Waals surface area contributed by atoms with Crippen LogP contribution < -0.4 is 5.32 Å². The number of alkyl halides is 3. The van der Waals surface area contributed by atoms with Gasteiger partial charge in [0, 0.05) is 23.1 Å². The fraction of sp³-hybridized carbons (Fsp3) is 0.538. The summed E-state index contributed by atoms with van der Waals surface area (Å²) >= 11 is 19.2. The third-order valence-electron chi connectivity index (χ3n) is 3.26. The standard InChI is InChI=1S/C13H16Cl3NOS/c1-17-10(7-13(14,15)16)12(18)9-3-2-8-4-5-19-11(8)6-9/h2-3,6,10,12,17-18H,4-5,7H2,1H3. The lowest BCUT2D eigenvalue weighted by atomic mass is 9.98. The molecule has 0 amide bonds. The molecule has 0 aromatic heterocycles. The van der Waals surface area contributed by atoms with E-state index in [1.165, 1.54) is 10.5 Å². The number of nitrogens with one attached hydrogen (secondary N) is 1. The van der Waals surface area contributed by atoms with Crippen LogP contribution in [-0.2, 0) is 6.42 Å². The lowest BCUT2D eigenvalue weighted by Gasteiger charge is -2.26. The Morgan fingerprint density at radius 2 is 2.16 bits per heavy atom. The molecule has 2 unspecified atom stereocenters. The number of aliphatic hydroxyl groups is 1. The van der Waals surface area contributed by atoms with Crippen molar-refractivity contribution in [2.24, 2.45) is 0 Å². The normalized spacial score (nSPS) is 18.2. The number of hydrogen-bond acceptors (Lipinski definition) is 3. The number of thioether (sulfide) groups is 1. The van der Waals surface area contributed by atoms with E-state index in [-0.39, 0.29) is 12.5 Å². The number of rotatable bonds is 4. The molecule has 2 atom stereocenters. The van der Waals surface area contributed by atoms with Crippen LogP contribution in [0.15, 0.2) is 23.1 Å². The zero-order valence-electron chi connectivity index (χ0n) is 10.5. The molecule has 1 aromatic rings. The molecule has 0 radical (unpaired) electrons. The second-order valence-corrected chi connectivity index (χ2v) is 8.28. The summed E-state index contributed by atoms with van der Waals surface area (Å²) in [6, 6.07) is 5.78. The SMILES string of the molecule is CNC(CC(Cl)(Cl)Cl)C(O)c1ccc2c(c1)SCC2. The van der Waals surface area contributed by atoms with E-state index in [1.54, 1.807) is 7.05 Å². The van der Waals surface area contributed by atoms with Crippen molar-refractivity contribution in [2.75, 3.05) is 12.8 Å². The predicted molar refractivity (Wildman–Crippen MR) is 83.6 cm³/mol. The molecule has 106 valence electrons. The molecule has 1 aromatic carbocycles. The molecule has 2 N–H and O–H groups in total. The maximum absolute atomic E-state index is 10.4. The zero-order valence-corrected chi connectivity index (χ0v) is 13.6. The van der Waals surface area contributed by atoms with Crippen LogP contribution in [0.4, 0.5) is 0 Å². The molecule has 0 bridgehead atoms. The van der Waals surface area contributed by atoms with Gasteiger partial charge in [-0.1, -0.05) is 46.9 Å². The molecule has 19 heavy (non-hydrogen) atoms. The van der Waals surface area contributed by atoms with Gasteiger partial charge in [-0.05, 0) is 30.7 Å². The first kappa shape index (κ1) is 15.7. The Labute approximate surface area is 132 Å². The van der Waals surface area contributed by atoms with Gasteiger partial charge in [0.1, 0.15) is 0 Å². The number of aryl methyl sites for hydroxylation is 1. The number of aliphatic hydroxyl groups excluding tert-OH is 1. The maximum atomic E-state index is 10.4. The Bertz CT molecular complexity index is 450. The van der Waals surface area contributed by atoms with Gasteiger partial charge in [0.15, 0.2) is 3.79 Å². The van der Waals surface area contributed by atoms with Crippen LogP contribution in [0.3, 0.4) is 0 Å². The van der Waals surface area contributed by atoms with Crippen molar-refractivity contribution in [1.82, 2.24) is 5.32 Å².